The van der Waals surface area contributed by atoms with Gasteiger partial charge in [-0.2, -0.15) is 0 Å². The summed E-state index contributed by atoms with van der Waals surface area (Å²) in [6.07, 6.45) is 0. The van der Waals surface area contributed by atoms with Crippen LogP contribution in [0.3, 0.4) is 0 Å². The molecule has 2 aromatic rings. The lowest BCUT2D eigenvalue weighted by molar-refractivity contribution is 0.414. The third kappa shape index (κ3) is 4.01. The number of benzene rings is 2. The summed E-state index contributed by atoms with van der Waals surface area (Å²) >= 11 is 9.36. The van der Waals surface area contributed by atoms with Crippen LogP contribution in [0, 0.1) is 0 Å². The number of hydrogen-bond acceptors (Lipinski definition) is 3. The average Bonchev–Trinajstić information content (AvgIpc) is 2.46. The van der Waals surface area contributed by atoms with Gasteiger partial charge in [0.05, 0.1) is 17.0 Å². The second-order valence-corrected chi connectivity index (χ2v) is 7.73. The molecular weight excluding hydrogens is 390 g/mol. The van der Waals surface area contributed by atoms with Crippen molar-refractivity contribution in [3.8, 4) is 5.75 Å². The molecule has 118 valence electrons. The molecule has 0 fully saturated rings. The van der Waals surface area contributed by atoms with Crippen LogP contribution in [-0.4, -0.2) is 15.5 Å². The number of ether oxygens (including phenoxy) is 1. The molecular formula is C15H15BrClNO3S. The molecule has 0 heterocycles. The topological polar surface area (TPSA) is 55.4 Å². The first-order valence-corrected chi connectivity index (χ1v) is 9.10. The Morgan fingerprint density at radius 1 is 1.23 bits per heavy atom. The van der Waals surface area contributed by atoms with Crippen molar-refractivity contribution in [2.75, 3.05) is 7.11 Å². The zero-order chi connectivity index (χ0) is 16.3. The molecule has 2 aromatic carbocycles. The maximum absolute atomic E-state index is 12.4. The largest absolute Gasteiger partial charge is 0.495 e. The molecule has 0 spiro atoms. The summed E-state index contributed by atoms with van der Waals surface area (Å²) in [5.74, 6) is 0.431. The van der Waals surface area contributed by atoms with Gasteiger partial charge in [0.25, 0.3) is 0 Å². The van der Waals surface area contributed by atoms with E-state index in [0.29, 0.717) is 5.75 Å². The number of sulfonamides is 1. The average molecular weight is 405 g/mol. The second kappa shape index (κ2) is 7.00. The molecule has 1 atom stereocenters. The number of halogens is 2. The van der Waals surface area contributed by atoms with Crippen LogP contribution >= 0.6 is 27.5 Å². The molecule has 4 nitrogen and oxygen atoms in total. The Morgan fingerprint density at radius 2 is 1.95 bits per heavy atom. The molecule has 22 heavy (non-hydrogen) atoms. The zero-order valence-corrected chi connectivity index (χ0v) is 15.2. The number of rotatable bonds is 5. The summed E-state index contributed by atoms with van der Waals surface area (Å²) in [4.78, 5) is 0.0974. The van der Waals surface area contributed by atoms with Crippen molar-refractivity contribution in [3.05, 3.63) is 57.5 Å². The van der Waals surface area contributed by atoms with Gasteiger partial charge in [-0.25, -0.2) is 13.1 Å². The van der Waals surface area contributed by atoms with Gasteiger partial charge in [0, 0.05) is 10.5 Å². The molecule has 1 N–H and O–H groups in total. The Hall–Kier alpha value is -1.08. The molecule has 2 rings (SSSR count). The minimum Gasteiger partial charge on any atom is -0.495 e. The van der Waals surface area contributed by atoms with Crippen LogP contribution in [0.2, 0.25) is 5.02 Å². The Morgan fingerprint density at radius 3 is 2.55 bits per heavy atom. The van der Waals surface area contributed by atoms with Crippen molar-refractivity contribution in [1.82, 2.24) is 4.72 Å². The van der Waals surface area contributed by atoms with Crippen molar-refractivity contribution in [2.24, 2.45) is 0 Å². The van der Waals surface area contributed by atoms with E-state index in [1.54, 1.807) is 6.92 Å². The maximum Gasteiger partial charge on any atom is 0.241 e. The highest BCUT2D eigenvalue weighted by Gasteiger charge is 2.19. The highest BCUT2D eigenvalue weighted by Crippen LogP contribution is 2.28. The predicted octanol–water partition coefficient (Wildman–Crippen LogP) is 4.15. The van der Waals surface area contributed by atoms with Gasteiger partial charge in [-0.3, -0.25) is 0 Å². The Bertz CT molecular complexity index is 780. The predicted molar refractivity (Wildman–Crippen MR) is 90.9 cm³/mol. The summed E-state index contributed by atoms with van der Waals surface area (Å²) in [5, 5.41) is 0.250. The smallest absolute Gasteiger partial charge is 0.241 e. The summed E-state index contributed by atoms with van der Waals surface area (Å²) < 4.78 is 33.4. The quantitative estimate of drug-likeness (QED) is 0.814. The molecule has 0 saturated carbocycles. The molecule has 0 amide bonds. The van der Waals surface area contributed by atoms with Gasteiger partial charge in [-0.1, -0.05) is 39.7 Å². The highest BCUT2D eigenvalue weighted by atomic mass is 79.9. The van der Waals surface area contributed by atoms with Gasteiger partial charge in [0.1, 0.15) is 5.75 Å². The lowest BCUT2D eigenvalue weighted by Crippen LogP contribution is -2.26. The van der Waals surface area contributed by atoms with Crippen LogP contribution in [0.15, 0.2) is 51.8 Å². The van der Waals surface area contributed by atoms with E-state index in [4.69, 9.17) is 16.3 Å². The van der Waals surface area contributed by atoms with E-state index < -0.39 is 10.0 Å². The number of methoxy groups -OCH3 is 1. The summed E-state index contributed by atoms with van der Waals surface area (Å²) in [6.45, 7) is 1.78. The van der Waals surface area contributed by atoms with Gasteiger partial charge in [-0.15, -0.1) is 0 Å². The molecule has 0 aromatic heterocycles. The lowest BCUT2D eigenvalue weighted by Gasteiger charge is -2.15. The van der Waals surface area contributed by atoms with Crippen LogP contribution in [0.5, 0.6) is 5.75 Å². The van der Waals surface area contributed by atoms with Crippen LogP contribution in [0.25, 0.3) is 0 Å². The zero-order valence-electron chi connectivity index (χ0n) is 12.0. The van der Waals surface area contributed by atoms with Crippen LogP contribution in [-0.2, 0) is 10.0 Å². The summed E-state index contributed by atoms with van der Waals surface area (Å²) in [7, 11) is -2.20. The van der Waals surface area contributed by atoms with E-state index in [1.165, 1.54) is 25.3 Å². The van der Waals surface area contributed by atoms with Crippen molar-refractivity contribution in [3.63, 3.8) is 0 Å². The Kier molecular flexibility index (Phi) is 5.50. The SMILES string of the molecule is COc1ccc(S(=O)(=O)N[C@H](C)c2cccc(Br)c2)cc1Cl. The standard InChI is InChI=1S/C15H15BrClNO3S/c1-10(11-4-3-5-12(16)8-11)18-22(19,20)13-6-7-15(21-2)14(17)9-13/h3-10,18H,1-2H3/t10-/m1/s1. The molecule has 0 aliphatic rings. The Balaban J connectivity index is 2.25. The third-order valence-corrected chi connectivity index (χ3v) is 5.44. The summed E-state index contributed by atoms with van der Waals surface area (Å²) in [6, 6.07) is 11.5. The van der Waals surface area contributed by atoms with E-state index in [1.807, 2.05) is 24.3 Å². The summed E-state index contributed by atoms with van der Waals surface area (Å²) in [5.41, 5.74) is 0.859. The van der Waals surface area contributed by atoms with Gasteiger partial charge in [0.15, 0.2) is 0 Å². The normalized spacial score (nSPS) is 12.9. The van der Waals surface area contributed by atoms with Crippen LogP contribution in [0.4, 0.5) is 0 Å². The molecule has 0 bridgehead atoms. The van der Waals surface area contributed by atoms with Crippen molar-refractivity contribution in [2.45, 2.75) is 17.9 Å². The second-order valence-electron chi connectivity index (χ2n) is 4.69. The minimum atomic E-state index is -3.67. The fourth-order valence-corrected chi connectivity index (χ4v) is 3.96. The first-order valence-electron chi connectivity index (χ1n) is 6.45. The highest BCUT2D eigenvalue weighted by molar-refractivity contribution is 9.10. The minimum absolute atomic E-state index is 0.0974. The molecule has 0 aliphatic heterocycles. The van der Waals surface area contributed by atoms with E-state index in [9.17, 15) is 8.42 Å². The number of hydrogen-bond donors (Lipinski definition) is 1. The van der Waals surface area contributed by atoms with Crippen LogP contribution in [0.1, 0.15) is 18.5 Å². The third-order valence-electron chi connectivity index (χ3n) is 3.11. The monoisotopic (exact) mass is 403 g/mol. The molecule has 0 unspecified atom stereocenters. The fourth-order valence-electron chi connectivity index (χ4n) is 1.96. The lowest BCUT2D eigenvalue weighted by atomic mass is 10.1. The van der Waals surface area contributed by atoms with E-state index >= 15 is 0 Å². The molecule has 0 saturated heterocycles. The maximum atomic E-state index is 12.4. The molecule has 0 radical (unpaired) electrons. The van der Waals surface area contributed by atoms with Crippen LogP contribution < -0.4 is 9.46 Å². The van der Waals surface area contributed by atoms with Crippen molar-refractivity contribution >= 4 is 37.6 Å². The number of nitrogens with one attached hydrogen (secondary N) is 1. The van der Waals surface area contributed by atoms with Crippen molar-refractivity contribution < 1.29 is 13.2 Å². The van der Waals surface area contributed by atoms with Crippen molar-refractivity contribution in [1.29, 1.82) is 0 Å². The Labute approximate surface area is 143 Å². The molecule has 7 heteroatoms. The van der Waals surface area contributed by atoms with E-state index in [2.05, 4.69) is 20.7 Å². The van der Waals surface area contributed by atoms with E-state index in [0.717, 1.165) is 10.0 Å². The molecule has 0 aliphatic carbocycles. The van der Waals surface area contributed by atoms with Gasteiger partial charge < -0.3 is 4.74 Å². The van der Waals surface area contributed by atoms with E-state index in [-0.39, 0.29) is 16.0 Å². The first kappa shape index (κ1) is 17.3. The van der Waals surface area contributed by atoms with Gasteiger partial charge >= 0.3 is 0 Å². The van der Waals surface area contributed by atoms with Gasteiger partial charge in [0.2, 0.25) is 10.0 Å². The fraction of sp³-hybridized carbons (Fsp3) is 0.200. The van der Waals surface area contributed by atoms with Gasteiger partial charge in [-0.05, 0) is 42.8 Å². The first-order chi connectivity index (χ1) is 10.3.